The Balaban J connectivity index is 1.40. The van der Waals surface area contributed by atoms with Gasteiger partial charge in [-0.3, -0.25) is 4.79 Å². The molecule has 2 aliphatic heterocycles. The van der Waals surface area contributed by atoms with Crippen molar-refractivity contribution in [3.05, 3.63) is 24.0 Å². The predicted molar refractivity (Wildman–Crippen MR) is 91.9 cm³/mol. The van der Waals surface area contributed by atoms with Crippen molar-refractivity contribution in [2.24, 2.45) is 5.92 Å². The second-order valence-corrected chi connectivity index (χ2v) is 7.32. The molecule has 0 aliphatic carbocycles. The third-order valence-corrected chi connectivity index (χ3v) is 5.86. The third kappa shape index (κ3) is 3.10. The zero-order valence-electron chi connectivity index (χ0n) is 13.4. The molecule has 0 atom stereocenters. The van der Waals surface area contributed by atoms with Gasteiger partial charge in [0, 0.05) is 32.1 Å². The number of benzene rings is 1. The van der Waals surface area contributed by atoms with E-state index in [0.717, 1.165) is 41.3 Å². The molecule has 3 heterocycles. The van der Waals surface area contributed by atoms with E-state index in [-0.39, 0.29) is 17.6 Å². The number of piperidine rings is 1. The number of hydrogen-bond acceptors (Lipinski definition) is 5. The first-order chi connectivity index (χ1) is 11.7. The summed E-state index contributed by atoms with van der Waals surface area (Å²) in [5, 5.41) is 0.924. The average Bonchev–Trinajstić information content (AvgIpc) is 3.05. The van der Waals surface area contributed by atoms with Gasteiger partial charge in [0.05, 0.1) is 23.4 Å². The molecule has 0 N–H and O–H groups in total. The highest BCUT2D eigenvalue weighted by Crippen LogP contribution is 2.32. The van der Waals surface area contributed by atoms with E-state index in [2.05, 4.69) is 9.88 Å². The third-order valence-electron chi connectivity index (χ3n) is 4.78. The van der Waals surface area contributed by atoms with Crippen LogP contribution in [0.15, 0.2) is 18.2 Å². The maximum Gasteiger partial charge on any atom is 0.225 e. The number of fused-ring (bicyclic) bond motifs is 1. The van der Waals surface area contributed by atoms with Crippen molar-refractivity contribution >= 4 is 32.6 Å². The summed E-state index contributed by atoms with van der Waals surface area (Å²) in [6.45, 7) is 4.36. The fourth-order valence-electron chi connectivity index (χ4n) is 3.38. The standard InChI is InChI=1S/C17H20FN3O2S/c18-13-1-2-14-15(11-13)24-17(19-14)21-5-3-12(4-6-21)16(22)20-7-9-23-10-8-20/h1-2,11-12H,3-10H2. The number of ether oxygens (including phenoxy) is 1. The van der Waals surface area contributed by atoms with Crippen LogP contribution in [0, 0.1) is 11.7 Å². The molecule has 2 aliphatic rings. The number of hydrogen-bond donors (Lipinski definition) is 0. The fraction of sp³-hybridized carbons (Fsp3) is 0.529. The summed E-state index contributed by atoms with van der Waals surface area (Å²) in [7, 11) is 0. The van der Waals surface area contributed by atoms with Gasteiger partial charge in [0.1, 0.15) is 5.82 Å². The molecule has 24 heavy (non-hydrogen) atoms. The molecule has 0 unspecified atom stereocenters. The van der Waals surface area contributed by atoms with Crippen molar-refractivity contribution in [2.75, 3.05) is 44.3 Å². The molecule has 0 bridgehead atoms. The summed E-state index contributed by atoms with van der Waals surface area (Å²) in [5.41, 5.74) is 0.836. The minimum absolute atomic E-state index is 0.103. The number of amides is 1. The zero-order chi connectivity index (χ0) is 16.5. The summed E-state index contributed by atoms with van der Waals surface area (Å²) >= 11 is 1.52. The van der Waals surface area contributed by atoms with Crippen molar-refractivity contribution in [1.29, 1.82) is 0 Å². The summed E-state index contributed by atoms with van der Waals surface area (Å²) in [6.07, 6.45) is 1.70. The van der Waals surface area contributed by atoms with Crippen LogP contribution in [-0.2, 0) is 9.53 Å². The number of nitrogens with zero attached hydrogens (tertiary/aromatic N) is 3. The minimum atomic E-state index is -0.229. The van der Waals surface area contributed by atoms with E-state index in [1.54, 1.807) is 6.07 Å². The number of halogens is 1. The second-order valence-electron chi connectivity index (χ2n) is 6.31. The van der Waals surface area contributed by atoms with Gasteiger partial charge in [0.25, 0.3) is 0 Å². The Hall–Kier alpha value is -1.73. The highest BCUT2D eigenvalue weighted by molar-refractivity contribution is 7.22. The van der Waals surface area contributed by atoms with Crippen molar-refractivity contribution < 1.29 is 13.9 Å². The monoisotopic (exact) mass is 349 g/mol. The lowest BCUT2D eigenvalue weighted by Crippen LogP contribution is -2.46. The van der Waals surface area contributed by atoms with Gasteiger partial charge in [-0.05, 0) is 31.0 Å². The van der Waals surface area contributed by atoms with Gasteiger partial charge in [-0.2, -0.15) is 0 Å². The Morgan fingerprint density at radius 1 is 1.21 bits per heavy atom. The lowest BCUT2D eigenvalue weighted by atomic mass is 9.95. The van der Waals surface area contributed by atoms with Crippen LogP contribution in [0.3, 0.4) is 0 Å². The second kappa shape index (κ2) is 6.64. The van der Waals surface area contributed by atoms with E-state index in [1.807, 2.05) is 4.90 Å². The van der Waals surface area contributed by atoms with Gasteiger partial charge in [0.15, 0.2) is 5.13 Å². The topological polar surface area (TPSA) is 45.7 Å². The number of morpholine rings is 1. The summed E-state index contributed by atoms with van der Waals surface area (Å²) in [5.74, 6) is 0.142. The van der Waals surface area contributed by atoms with E-state index in [0.29, 0.717) is 26.3 Å². The quantitative estimate of drug-likeness (QED) is 0.836. The molecular formula is C17H20FN3O2S. The van der Waals surface area contributed by atoms with Crippen molar-refractivity contribution in [2.45, 2.75) is 12.8 Å². The van der Waals surface area contributed by atoms with Crippen LogP contribution < -0.4 is 4.90 Å². The molecule has 128 valence electrons. The summed E-state index contributed by atoms with van der Waals surface area (Å²) in [4.78, 5) is 21.3. The van der Waals surface area contributed by atoms with E-state index in [4.69, 9.17) is 4.74 Å². The van der Waals surface area contributed by atoms with E-state index >= 15 is 0 Å². The molecule has 1 aromatic carbocycles. The van der Waals surface area contributed by atoms with Crippen LogP contribution in [0.4, 0.5) is 9.52 Å². The first-order valence-electron chi connectivity index (χ1n) is 8.38. The van der Waals surface area contributed by atoms with Crippen molar-refractivity contribution in [3.8, 4) is 0 Å². The van der Waals surface area contributed by atoms with E-state index in [9.17, 15) is 9.18 Å². The number of aromatic nitrogens is 1. The fourth-order valence-corrected chi connectivity index (χ4v) is 4.42. The molecule has 7 heteroatoms. The lowest BCUT2D eigenvalue weighted by Gasteiger charge is -2.35. The smallest absolute Gasteiger partial charge is 0.225 e. The molecule has 1 amide bonds. The maximum absolute atomic E-state index is 13.3. The molecule has 0 spiro atoms. The van der Waals surface area contributed by atoms with Crippen LogP contribution in [0.5, 0.6) is 0 Å². The number of carbonyl (C=O) groups excluding carboxylic acids is 1. The van der Waals surface area contributed by atoms with Gasteiger partial charge in [-0.15, -0.1) is 0 Å². The Morgan fingerprint density at radius 3 is 2.71 bits per heavy atom. The summed E-state index contributed by atoms with van der Waals surface area (Å²) < 4.78 is 19.5. The molecule has 0 saturated carbocycles. The predicted octanol–water partition coefficient (Wildman–Crippen LogP) is 2.51. The molecule has 1 aromatic heterocycles. The number of thiazole rings is 1. The van der Waals surface area contributed by atoms with Crippen LogP contribution >= 0.6 is 11.3 Å². The highest BCUT2D eigenvalue weighted by Gasteiger charge is 2.30. The Bertz CT molecular complexity index is 737. The Kier molecular flexibility index (Phi) is 4.37. The van der Waals surface area contributed by atoms with E-state index in [1.165, 1.54) is 23.5 Å². The van der Waals surface area contributed by atoms with Gasteiger partial charge >= 0.3 is 0 Å². The molecule has 2 aromatic rings. The van der Waals surface area contributed by atoms with Crippen LogP contribution in [-0.4, -0.2) is 55.2 Å². The van der Waals surface area contributed by atoms with Gasteiger partial charge in [-0.25, -0.2) is 9.37 Å². The molecule has 4 rings (SSSR count). The number of rotatable bonds is 2. The first-order valence-corrected chi connectivity index (χ1v) is 9.20. The van der Waals surface area contributed by atoms with E-state index < -0.39 is 0 Å². The SMILES string of the molecule is O=C(C1CCN(c2nc3ccc(F)cc3s2)CC1)N1CCOCC1. The number of carbonyl (C=O) groups is 1. The minimum Gasteiger partial charge on any atom is -0.378 e. The van der Waals surface area contributed by atoms with Crippen LogP contribution in [0.2, 0.25) is 0 Å². The summed E-state index contributed by atoms with van der Waals surface area (Å²) in [6, 6.07) is 4.70. The zero-order valence-corrected chi connectivity index (χ0v) is 14.2. The normalized spacial score (nSPS) is 19.9. The first kappa shape index (κ1) is 15.8. The van der Waals surface area contributed by atoms with Gasteiger partial charge < -0.3 is 14.5 Å². The molecule has 2 fully saturated rings. The lowest BCUT2D eigenvalue weighted by molar-refractivity contribution is -0.140. The average molecular weight is 349 g/mol. The number of anilines is 1. The van der Waals surface area contributed by atoms with Gasteiger partial charge in [0.2, 0.25) is 5.91 Å². The molecule has 0 radical (unpaired) electrons. The highest BCUT2D eigenvalue weighted by atomic mass is 32.1. The van der Waals surface area contributed by atoms with Crippen molar-refractivity contribution in [3.63, 3.8) is 0 Å². The maximum atomic E-state index is 13.3. The molecule has 2 saturated heterocycles. The molecular weight excluding hydrogens is 329 g/mol. The molecule has 5 nitrogen and oxygen atoms in total. The Labute approximate surface area is 144 Å². The van der Waals surface area contributed by atoms with Crippen LogP contribution in [0.25, 0.3) is 10.2 Å². The van der Waals surface area contributed by atoms with Gasteiger partial charge in [-0.1, -0.05) is 11.3 Å². The van der Waals surface area contributed by atoms with Crippen molar-refractivity contribution in [1.82, 2.24) is 9.88 Å². The Morgan fingerprint density at radius 2 is 1.96 bits per heavy atom. The largest absolute Gasteiger partial charge is 0.378 e. The van der Waals surface area contributed by atoms with Crippen LogP contribution in [0.1, 0.15) is 12.8 Å².